The van der Waals surface area contributed by atoms with Crippen molar-refractivity contribution in [2.24, 2.45) is 5.92 Å². The van der Waals surface area contributed by atoms with Gasteiger partial charge in [-0.25, -0.2) is 0 Å². The van der Waals surface area contributed by atoms with Crippen LogP contribution in [-0.4, -0.2) is 34.4 Å². The Hall–Kier alpha value is -3.40. The Balaban J connectivity index is 1.59. The molecule has 0 spiro atoms. The molecule has 7 heteroatoms. The van der Waals surface area contributed by atoms with Crippen molar-refractivity contribution < 1.29 is 9.59 Å². The van der Waals surface area contributed by atoms with Crippen LogP contribution in [0.15, 0.2) is 41.2 Å². The number of hydrogen-bond donors (Lipinski definition) is 1. The monoisotopic (exact) mass is 376 g/mol. The second-order valence-corrected chi connectivity index (χ2v) is 7.45. The van der Waals surface area contributed by atoms with Gasteiger partial charge < -0.3 is 14.8 Å². The zero-order chi connectivity index (χ0) is 19.8. The predicted molar refractivity (Wildman–Crippen MR) is 103 cm³/mol. The van der Waals surface area contributed by atoms with Gasteiger partial charge in [-0.15, -0.1) is 0 Å². The SMILES string of the molecule is CC(=O)N1C[C@@H]2C[C@H](C1)c1ccc(NC(=O)c3ccc(C#N)cc3)c(=O)n1C2. The number of anilines is 1. The maximum absolute atomic E-state index is 13.0. The lowest BCUT2D eigenvalue weighted by Crippen LogP contribution is -2.48. The fourth-order valence-electron chi connectivity index (χ4n) is 4.19. The third-order valence-corrected chi connectivity index (χ3v) is 5.57. The molecule has 0 saturated carbocycles. The summed E-state index contributed by atoms with van der Waals surface area (Å²) in [6.45, 7) is 3.42. The van der Waals surface area contributed by atoms with Gasteiger partial charge in [0.15, 0.2) is 0 Å². The molecule has 0 unspecified atom stereocenters. The number of hydrogen-bond acceptors (Lipinski definition) is 4. The zero-order valence-electron chi connectivity index (χ0n) is 15.5. The lowest BCUT2D eigenvalue weighted by atomic mass is 9.83. The maximum atomic E-state index is 13.0. The predicted octanol–water partition coefficient (Wildman–Crippen LogP) is 1.94. The molecule has 0 radical (unpaired) electrons. The van der Waals surface area contributed by atoms with E-state index in [2.05, 4.69) is 5.32 Å². The maximum Gasteiger partial charge on any atom is 0.274 e. The molecule has 1 fully saturated rings. The Labute approximate surface area is 162 Å². The number of nitrogens with zero attached hydrogens (tertiary/aromatic N) is 3. The van der Waals surface area contributed by atoms with Crippen LogP contribution in [0.2, 0.25) is 0 Å². The van der Waals surface area contributed by atoms with Gasteiger partial charge >= 0.3 is 0 Å². The van der Waals surface area contributed by atoms with Gasteiger partial charge in [0.05, 0.1) is 11.6 Å². The first-order valence-electron chi connectivity index (χ1n) is 9.27. The first kappa shape index (κ1) is 18.0. The summed E-state index contributed by atoms with van der Waals surface area (Å²) in [7, 11) is 0. The van der Waals surface area contributed by atoms with Crippen molar-refractivity contribution in [2.75, 3.05) is 18.4 Å². The topological polar surface area (TPSA) is 95.2 Å². The van der Waals surface area contributed by atoms with Gasteiger partial charge in [0, 0.05) is 43.7 Å². The van der Waals surface area contributed by atoms with E-state index in [-0.39, 0.29) is 34.9 Å². The van der Waals surface area contributed by atoms with Crippen LogP contribution in [-0.2, 0) is 11.3 Å². The van der Waals surface area contributed by atoms with Crippen molar-refractivity contribution in [2.45, 2.75) is 25.8 Å². The summed E-state index contributed by atoms with van der Waals surface area (Å²) in [5, 5.41) is 11.5. The molecule has 0 aliphatic carbocycles. The number of aromatic nitrogens is 1. The Bertz CT molecular complexity index is 1050. The number of piperidine rings is 1. The van der Waals surface area contributed by atoms with E-state index in [0.717, 1.165) is 12.1 Å². The van der Waals surface area contributed by atoms with Crippen molar-refractivity contribution in [1.82, 2.24) is 9.47 Å². The molecule has 1 aromatic carbocycles. The minimum Gasteiger partial charge on any atom is -0.342 e. The fourth-order valence-corrected chi connectivity index (χ4v) is 4.19. The minimum absolute atomic E-state index is 0.0665. The smallest absolute Gasteiger partial charge is 0.274 e. The summed E-state index contributed by atoms with van der Waals surface area (Å²) >= 11 is 0. The third-order valence-electron chi connectivity index (χ3n) is 5.57. The minimum atomic E-state index is -0.388. The Kier molecular flexibility index (Phi) is 4.47. The van der Waals surface area contributed by atoms with Crippen LogP contribution in [0.1, 0.15) is 40.9 Å². The molecule has 1 aromatic heterocycles. The number of nitrogens with one attached hydrogen (secondary N) is 1. The van der Waals surface area contributed by atoms with Crippen LogP contribution in [0.3, 0.4) is 0 Å². The van der Waals surface area contributed by atoms with E-state index in [1.807, 2.05) is 17.0 Å². The van der Waals surface area contributed by atoms with Crippen LogP contribution in [0.5, 0.6) is 0 Å². The quantitative estimate of drug-likeness (QED) is 0.866. The van der Waals surface area contributed by atoms with E-state index in [1.54, 1.807) is 41.8 Å². The van der Waals surface area contributed by atoms with Crippen LogP contribution in [0, 0.1) is 17.2 Å². The number of nitriles is 1. The number of rotatable bonds is 2. The highest BCUT2D eigenvalue weighted by atomic mass is 16.2. The number of benzene rings is 1. The molecular formula is C21H20N4O3. The van der Waals surface area contributed by atoms with E-state index < -0.39 is 0 Å². The third kappa shape index (κ3) is 3.18. The molecule has 28 heavy (non-hydrogen) atoms. The summed E-state index contributed by atoms with van der Waals surface area (Å²) in [5.41, 5.74) is 1.79. The van der Waals surface area contributed by atoms with Crippen LogP contribution in [0.4, 0.5) is 5.69 Å². The Morgan fingerprint density at radius 2 is 1.86 bits per heavy atom. The highest BCUT2D eigenvalue weighted by molar-refractivity contribution is 6.04. The molecule has 2 bridgehead atoms. The largest absolute Gasteiger partial charge is 0.342 e. The van der Waals surface area contributed by atoms with E-state index in [4.69, 9.17) is 5.26 Å². The standard InChI is InChI=1S/C21H20N4O3/c1-13(26)24-10-15-8-17(12-24)19-7-6-18(21(28)25(19)11-15)23-20(27)16-4-2-14(9-22)3-5-16/h2-7,15,17H,8,10-12H2,1H3,(H,23,27)/t15-,17+/m0/s1. The number of amides is 2. The van der Waals surface area contributed by atoms with Crippen LogP contribution in [0.25, 0.3) is 0 Å². The summed E-state index contributed by atoms with van der Waals surface area (Å²) in [5.74, 6) is 0.0717. The molecule has 7 nitrogen and oxygen atoms in total. The molecule has 142 valence electrons. The summed E-state index contributed by atoms with van der Waals surface area (Å²) in [4.78, 5) is 39.0. The first-order valence-corrected chi connectivity index (χ1v) is 9.27. The van der Waals surface area contributed by atoms with Gasteiger partial charge in [0.2, 0.25) is 5.91 Å². The average molecular weight is 376 g/mol. The van der Waals surface area contributed by atoms with Crippen molar-refractivity contribution >= 4 is 17.5 Å². The highest BCUT2D eigenvalue weighted by Gasteiger charge is 2.35. The van der Waals surface area contributed by atoms with Crippen LogP contribution < -0.4 is 10.9 Å². The van der Waals surface area contributed by atoms with Crippen molar-refractivity contribution in [1.29, 1.82) is 5.26 Å². The van der Waals surface area contributed by atoms with Crippen LogP contribution >= 0.6 is 0 Å². The van der Waals surface area contributed by atoms with E-state index in [0.29, 0.717) is 30.8 Å². The lowest BCUT2D eigenvalue weighted by molar-refractivity contribution is -0.131. The number of fused-ring (bicyclic) bond motifs is 4. The number of carbonyl (C=O) groups excluding carboxylic acids is 2. The lowest BCUT2D eigenvalue weighted by Gasteiger charge is -2.42. The van der Waals surface area contributed by atoms with Gasteiger partial charge in [-0.05, 0) is 48.7 Å². The molecule has 1 saturated heterocycles. The molecule has 2 aromatic rings. The number of carbonyl (C=O) groups is 2. The number of pyridine rings is 1. The molecule has 4 rings (SSSR count). The molecule has 3 heterocycles. The van der Waals surface area contributed by atoms with Crippen molar-refractivity contribution in [3.63, 3.8) is 0 Å². The first-order chi connectivity index (χ1) is 13.5. The average Bonchev–Trinajstić information content (AvgIpc) is 2.70. The highest BCUT2D eigenvalue weighted by Crippen LogP contribution is 2.35. The van der Waals surface area contributed by atoms with Gasteiger partial charge in [0.25, 0.3) is 11.5 Å². The van der Waals surface area contributed by atoms with Gasteiger partial charge in [-0.2, -0.15) is 5.26 Å². The van der Waals surface area contributed by atoms with Crippen molar-refractivity contribution in [3.05, 3.63) is 63.6 Å². The second kappa shape index (κ2) is 6.97. The zero-order valence-corrected chi connectivity index (χ0v) is 15.5. The van der Waals surface area contributed by atoms with Crippen molar-refractivity contribution in [3.8, 4) is 6.07 Å². The second-order valence-electron chi connectivity index (χ2n) is 7.45. The normalized spacial score (nSPS) is 20.1. The molecular weight excluding hydrogens is 356 g/mol. The molecule has 2 atom stereocenters. The molecule has 2 aliphatic heterocycles. The van der Waals surface area contributed by atoms with Gasteiger partial charge in [0.1, 0.15) is 5.69 Å². The number of likely N-dealkylation sites (tertiary alicyclic amines) is 1. The summed E-state index contributed by atoms with van der Waals surface area (Å²) in [6.07, 6.45) is 0.972. The van der Waals surface area contributed by atoms with Gasteiger partial charge in [-0.1, -0.05) is 0 Å². The van der Waals surface area contributed by atoms with E-state index in [9.17, 15) is 14.4 Å². The van der Waals surface area contributed by atoms with Gasteiger partial charge in [-0.3, -0.25) is 14.4 Å². The molecule has 2 amide bonds. The summed E-state index contributed by atoms with van der Waals surface area (Å²) < 4.78 is 1.74. The molecule has 1 N–H and O–H groups in total. The summed E-state index contributed by atoms with van der Waals surface area (Å²) in [6, 6.07) is 11.8. The molecule has 2 aliphatic rings. The Morgan fingerprint density at radius 1 is 1.11 bits per heavy atom. The fraction of sp³-hybridized carbons (Fsp3) is 0.333. The Morgan fingerprint density at radius 3 is 2.54 bits per heavy atom. The van der Waals surface area contributed by atoms with E-state index in [1.165, 1.54) is 0 Å². The van der Waals surface area contributed by atoms with E-state index >= 15 is 0 Å².